The van der Waals surface area contributed by atoms with Crippen molar-refractivity contribution < 1.29 is 18.7 Å². The van der Waals surface area contributed by atoms with Gasteiger partial charge in [0.25, 0.3) is 0 Å². The third-order valence-electron chi connectivity index (χ3n) is 5.43. The fourth-order valence-corrected chi connectivity index (χ4v) is 3.58. The monoisotopic (exact) mass is 409 g/mol. The third-order valence-corrected chi connectivity index (χ3v) is 5.43. The number of hydrogen-bond donors (Lipinski definition) is 0. The summed E-state index contributed by atoms with van der Waals surface area (Å²) in [5.74, 6) is 0.248. The van der Waals surface area contributed by atoms with Gasteiger partial charge in [0.2, 0.25) is 11.8 Å². The summed E-state index contributed by atoms with van der Waals surface area (Å²) in [6, 6.07) is 9.79. The predicted octanol–water partition coefficient (Wildman–Crippen LogP) is 2.18. The minimum Gasteiger partial charge on any atom is -0.471 e. The Morgan fingerprint density at radius 2 is 2.00 bits per heavy atom. The van der Waals surface area contributed by atoms with Crippen LogP contribution < -0.4 is 4.74 Å². The minimum atomic E-state index is -0.312. The van der Waals surface area contributed by atoms with E-state index in [4.69, 9.17) is 9.47 Å². The highest BCUT2D eigenvalue weighted by atomic mass is 19.1. The second kappa shape index (κ2) is 7.49. The highest BCUT2D eigenvalue weighted by Crippen LogP contribution is 2.27. The number of aromatic nitrogens is 4. The number of rotatable bonds is 5. The first-order valence-corrected chi connectivity index (χ1v) is 9.74. The molecule has 0 unspecified atom stereocenters. The third kappa shape index (κ3) is 3.41. The zero-order valence-corrected chi connectivity index (χ0v) is 16.4. The van der Waals surface area contributed by atoms with Crippen molar-refractivity contribution >= 4 is 5.91 Å². The molecule has 0 radical (unpaired) electrons. The zero-order valence-electron chi connectivity index (χ0n) is 16.4. The first-order valence-electron chi connectivity index (χ1n) is 9.74. The fraction of sp³-hybridized carbons (Fsp3) is 0.333. The van der Waals surface area contributed by atoms with Crippen LogP contribution in [0.5, 0.6) is 5.88 Å². The summed E-state index contributed by atoms with van der Waals surface area (Å²) in [5.41, 5.74) is 4.06. The molecule has 0 N–H and O–H groups in total. The number of amides is 1. The number of fused-ring (bicyclic) bond motifs is 1. The number of nitrogens with zero attached hydrogens (tertiary/aromatic N) is 5. The lowest BCUT2D eigenvalue weighted by Crippen LogP contribution is -2.42. The summed E-state index contributed by atoms with van der Waals surface area (Å²) in [6.45, 7) is 4.11. The van der Waals surface area contributed by atoms with Crippen LogP contribution in [-0.4, -0.2) is 44.0 Å². The summed E-state index contributed by atoms with van der Waals surface area (Å²) in [4.78, 5) is 18.8. The maximum atomic E-state index is 13.2. The molecule has 2 aliphatic rings. The molecule has 4 heterocycles. The number of pyridine rings is 1. The van der Waals surface area contributed by atoms with E-state index in [2.05, 4.69) is 15.3 Å². The highest BCUT2D eigenvalue weighted by Gasteiger charge is 2.34. The summed E-state index contributed by atoms with van der Waals surface area (Å²) >= 11 is 0. The van der Waals surface area contributed by atoms with Crippen LogP contribution in [0.15, 0.2) is 36.4 Å². The van der Waals surface area contributed by atoms with E-state index < -0.39 is 0 Å². The molecule has 1 saturated heterocycles. The van der Waals surface area contributed by atoms with E-state index in [1.165, 1.54) is 12.1 Å². The molecule has 2 aliphatic heterocycles. The van der Waals surface area contributed by atoms with Crippen molar-refractivity contribution in [3.8, 4) is 11.6 Å². The number of benzene rings is 1. The van der Waals surface area contributed by atoms with Crippen molar-refractivity contribution in [2.75, 3.05) is 13.2 Å². The van der Waals surface area contributed by atoms with Crippen LogP contribution in [0.2, 0.25) is 0 Å². The molecule has 1 fully saturated rings. The molecule has 0 bridgehead atoms. The summed E-state index contributed by atoms with van der Waals surface area (Å²) < 4.78 is 25.9. The van der Waals surface area contributed by atoms with E-state index in [1.54, 1.807) is 22.9 Å². The minimum absolute atomic E-state index is 0.0303. The molecule has 0 saturated carbocycles. The second-order valence-corrected chi connectivity index (χ2v) is 7.48. The smallest absolute Gasteiger partial charge is 0.231 e. The van der Waals surface area contributed by atoms with Gasteiger partial charge in [0, 0.05) is 12.6 Å². The molecule has 5 rings (SSSR count). The summed E-state index contributed by atoms with van der Waals surface area (Å²) in [6.07, 6.45) is 0. The fourth-order valence-electron chi connectivity index (χ4n) is 3.58. The molecule has 8 nitrogen and oxygen atoms in total. The largest absolute Gasteiger partial charge is 0.471 e. The van der Waals surface area contributed by atoms with Gasteiger partial charge in [-0.05, 0) is 42.8 Å². The van der Waals surface area contributed by atoms with Gasteiger partial charge in [0.15, 0.2) is 0 Å². The van der Waals surface area contributed by atoms with Crippen LogP contribution in [0, 0.1) is 18.7 Å². The van der Waals surface area contributed by atoms with Crippen molar-refractivity contribution in [1.29, 1.82) is 0 Å². The van der Waals surface area contributed by atoms with Crippen molar-refractivity contribution in [2.45, 2.75) is 26.6 Å². The number of carbonyl (C=O) groups excluding carboxylic acids is 1. The Hall–Kier alpha value is -3.33. The van der Waals surface area contributed by atoms with Crippen molar-refractivity contribution in [3.63, 3.8) is 0 Å². The van der Waals surface area contributed by atoms with Gasteiger partial charge < -0.3 is 14.4 Å². The zero-order chi connectivity index (χ0) is 20.7. The first kappa shape index (κ1) is 18.7. The predicted molar refractivity (Wildman–Crippen MR) is 103 cm³/mol. The normalized spacial score (nSPS) is 15.7. The molecule has 30 heavy (non-hydrogen) atoms. The molecule has 0 aliphatic carbocycles. The molecule has 2 aromatic heterocycles. The quantitative estimate of drug-likeness (QED) is 0.643. The number of halogens is 1. The van der Waals surface area contributed by atoms with Crippen LogP contribution in [0.1, 0.15) is 22.6 Å². The van der Waals surface area contributed by atoms with Crippen LogP contribution in [0.4, 0.5) is 4.39 Å². The van der Waals surface area contributed by atoms with E-state index in [0.717, 1.165) is 22.6 Å². The Morgan fingerprint density at radius 3 is 2.73 bits per heavy atom. The Bertz CT molecular complexity index is 1090. The Balaban J connectivity index is 1.29. The standard InChI is InChI=1S/C21H20FN5O3/c1-13-19(27(25-24-13)17-5-3-16(22)4-6-17)12-30-20-7-2-14-8-26(9-18(14)23-20)21(28)15-10-29-11-15/h2-7,15H,8-12H2,1H3. The second-order valence-electron chi connectivity index (χ2n) is 7.48. The van der Waals surface area contributed by atoms with Crippen molar-refractivity contribution in [2.24, 2.45) is 5.92 Å². The Labute approximate surface area is 172 Å². The average Bonchev–Trinajstić information content (AvgIpc) is 3.29. The summed E-state index contributed by atoms with van der Waals surface area (Å²) in [5, 5.41) is 8.24. The molecule has 1 aromatic carbocycles. The molecule has 0 spiro atoms. The Morgan fingerprint density at radius 1 is 1.20 bits per heavy atom. The topological polar surface area (TPSA) is 82.4 Å². The van der Waals surface area contributed by atoms with Crippen molar-refractivity contribution in [1.82, 2.24) is 24.9 Å². The van der Waals surface area contributed by atoms with Gasteiger partial charge in [0.1, 0.15) is 18.1 Å². The van der Waals surface area contributed by atoms with E-state index in [1.807, 2.05) is 17.9 Å². The molecule has 9 heteroatoms. The maximum Gasteiger partial charge on any atom is 0.231 e. The lowest BCUT2D eigenvalue weighted by molar-refractivity contribution is -0.150. The molecule has 0 atom stereocenters. The molecular weight excluding hydrogens is 389 g/mol. The van der Waals surface area contributed by atoms with E-state index in [-0.39, 0.29) is 24.2 Å². The van der Waals surface area contributed by atoms with Crippen LogP contribution in [0.25, 0.3) is 5.69 Å². The van der Waals surface area contributed by atoms with Gasteiger partial charge in [-0.1, -0.05) is 5.21 Å². The van der Waals surface area contributed by atoms with Gasteiger partial charge >= 0.3 is 0 Å². The SMILES string of the molecule is Cc1nnn(-c2ccc(F)cc2)c1COc1ccc2c(n1)CN(C(=O)C1COC1)C2. The first-order chi connectivity index (χ1) is 14.6. The number of ether oxygens (including phenoxy) is 2. The van der Waals surface area contributed by atoms with E-state index >= 15 is 0 Å². The van der Waals surface area contributed by atoms with Crippen LogP contribution >= 0.6 is 0 Å². The molecule has 154 valence electrons. The maximum absolute atomic E-state index is 13.2. The van der Waals surface area contributed by atoms with Gasteiger partial charge in [-0.25, -0.2) is 14.1 Å². The Kier molecular flexibility index (Phi) is 4.66. The molecular formula is C21H20FN5O3. The van der Waals surface area contributed by atoms with E-state index in [0.29, 0.717) is 37.9 Å². The van der Waals surface area contributed by atoms with E-state index in [9.17, 15) is 9.18 Å². The number of carbonyl (C=O) groups is 1. The molecule has 3 aromatic rings. The van der Waals surface area contributed by atoms with Gasteiger partial charge in [-0.3, -0.25) is 4.79 Å². The number of aryl methyl sites for hydroxylation is 1. The molecule has 1 amide bonds. The lowest BCUT2D eigenvalue weighted by Gasteiger charge is -2.28. The van der Waals surface area contributed by atoms with Gasteiger partial charge in [-0.15, -0.1) is 5.10 Å². The van der Waals surface area contributed by atoms with Crippen LogP contribution in [0.3, 0.4) is 0 Å². The number of hydrogen-bond acceptors (Lipinski definition) is 6. The summed E-state index contributed by atoms with van der Waals surface area (Å²) in [7, 11) is 0. The van der Waals surface area contributed by atoms with Crippen molar-refractivity contribution in [3.05, 3.63) is 64.9 Å². The lowest BCUT2D eigenvalue weighted by atomic mass is 10.1. The highest BCUT2D eigenvalue weighted by molar-refractivity contribution is 5.80. The average molecular weight is 409 g/mol. The van der Waals surface area contributed by atoms with Crippen LogP contribution in [-0.2, 0) is 29.2 Å². The van der Waals surface area contributed by atoms with Gasteiger partial charge in [0.05, 0.1) is 42.8 Å². The van der Waals surface area contributed by atoms with Gasteiger partial charge in [-0.2, -0.15) is 0 Å².